The van der Waals surface area contributed by atoms with Gasteiger partial charge in [-0.25, -0.2) is 0 Å². The van der Waals surface area contributed by atoms with Crippen LogP contribution >= 0.6 is 0 Å². The number of nitrogens with zero attached hydrogens (tertiary/aromatic N) is 4. The number of aromatic nitrogens is 4. The fourth-order valence-electron chi connectivity index (χ4n) is 3.32. The van der Waals surface area contributed by atoms with Crippen LogP contribution in [0.4, 0.5) is 5.95 Å². The van der Waals surface area contributed by atoms with Gasteiger partial charge in [-0.2, -0.15) is 0 Å². The molecule has 154 valence electrons. The van der Waals surface area contributed by atoms with Crippen molar-refractivity contribution < 1.29 is 14.7 Å². The average Bonchev–Trinajstić information content (AvgIpc) is 3.22. The molecule has 4 rings (SSSR count). The molecule has 3 heterocycles. The zero-order valence-electron chi connectivity index (χ0n) is 15.7. The van der Waals surface area contributed by atoms with Gasteiger partial charge >= 0.3 is 176 Å². The summed E-state index contributed by atoms with van der Waals surface area (Å²) in [4.78, 5) is 52.2. The van der Waals surface area contributed by atoms with Crippen LogP contribution in [0.1, 0.15) is 28.9 Å². The van der Waals surface area contributed by atoms with Gasteiger partial charge in [0, 0.05) is 0 Å². The Bertz CT molecular complexity index is 1180. The van der Waals surface area contributed by atoms with Gasteiger partial charge in [-0.05, 0) is 0 Å². The summed E-state index contributed by atoms with van der Waals surface area (Å²) in [6, 6.07) is 6.42. The van der Waals surface area contributed by atoms with Crippen LogP contribution in [0.25, 0.3) is 11.2 Å². The molecule has 1 atom stereocenters. The number of amides is 1. The van der Waals surface area contributed by atoms with Gasteiger partial charge < -0.3 is 0 Å². The zero-order valence-corrected chi connectivity index (χ0v) is 17.5. The second kappa shape index (κ2) is 8.21. The van der Waals surface area contributed by atoms with Crippen LogP contribution in [0, 0.1) is 0 Å². The standard InChI is InChI=1S/C19H18N6O4Se/c20-19-23-15-14(16(26)24-19)22-11(8-21-15)9-30-12-5-3-10(4-6-12)17(27)25-7-1-2-13(25)18(28)29/h3-6,8,13H,1-2,7,9H2,(H,28,29)(H3,20,21,23,24,26)/t13-/m0/s1. The number of hydrogen-bond acceptors (Lipinski definition) is 7. The van der Waals surface area contributed by atoms with E-state index in [2.05, 4.69) is 19.9 Å². The second-order valence-electron chi connectivity index (χ2n) is 6.79. The molecule has 1 aliphatic heterocycles. The van der Waals surface area contributed by atoms with Gasteiger partial charge in [0.1, 0.15) is 0 Å². The average molecular weight is 473 g/mol. The van der Waals surface area contributed by atoms with Gasteiger partial charge in [-0.3, -0.25) is 0 Å². The quantitative estimate of drug-likeness (QED) is 0.420. The summed E-state index contributed by atoms with van der Waals surface area (Å²) in [5.74, 6) is -1.23. The van der Waals surface area contributed by atoms with Crippen LogP contribution in [0.15, 0.2) is 35.3 Å². The molecule has 0 radical (unpaired) electrons. The van der Waals surface area contributed by atoms with Crippen molar-refractivity contribution in [3.8, 4) is 0 Å². The van der Waals surface area contributed by atoms with Crippen LogP contribution in [0.5, 0.6) is 0 Å². The van der Waals surface area contributed by atoms with Crippen LogP contribution in [-0.2, 0) is 10.1 Å². The van der Waals surface area contributed by atoms with E-state index in [9.17, 15) is 19.5 Å². The van der Waals surface area contributed by atoms with Crippen molar-refractivity contribution in [3.05, 3.63) is 52.1 Å². The molecule has 4 N–H and O–H groups in total. The number of carbonyl (C=O) groups is 2. The molecule has 0 aliphatic carbocycles. The molecule has 0 spiro atoms. The van der Waals surface area contributed by atoms with Gasteiger partial charge in [0.25, 0.3) is 0 Å². The summed E-state index contributed by atoms with van der Waals surface area (Å²) >= 11 is 0.00910. The predicted octanol–water partition coefficient (Wildman–Crippen LogP) is -0.486. The van der Waals surface area contributed by atoms with Crippen molar-refractivity contribution in [2.24, 2.45) is 0 Å². The molecule has 3 aromatic rings. The van der Waals surface area contributed by atoms with Crippen molar-refractivity contribution in [1.82, 2.24) is 24.8 Å². The van der Waals surface area contributed by atoms with Gasteiger partial charge in [-0.1, -0.05) is 0 Å². The number of nitrogen functional groups attached to an aromatic ring is 1. The van der Waals surface area contributed by atoms with Gasteiger partial charge in [0.2, 0.25) is 0 Å². The molecule has 1 amide bonds. The molecule has 0 saturated carbocycles. The summed E-state index contributed by atoms with van der Waals surface area (Å²) in [6.45, 7) is 0.460. The Morgan fingerprint density at radius 3 is 2.77 bits per heavy atom. The monoisotopic (exact) mass is 474 g/mol. The third-order valence-corrected chi connectivity index (χ3v) is 6.97. The van der Waals surface area contributed by atoms with Gasteiger partial charge in [0.05, 0.1) is 0 Å². The van der Waals surface area contributed by atoms with E-state index in [1.807, 2.05) is 12.1 Å². The molecule has 0 bridgehead atoms. The summed E-state index contributed by atoms with van der Waals surface area (Å²) in [5, 5.41) is 9.88. The number of hydrogen-bond donors (Lipinski definition) is 3. The first-order valence-corrected chi connectivity index (χ1v) is 11.3. The number of carboxylic acids is 1. The molecule has 1 aliphatic rings. The minimum absolute atomic E-state index is 0.00277. The fourth-order valence-corrected chi connectivity index (χ4v) is 4.96. The third kappa shape index (κ3) is 4.03. The van der Waals surface area contributed by atoms with E-state index in [1.54, 1.807) is 18.3 Å². The molecule has 1 fully saturated rings. The number of nitrogens with two attached hydrogens (primary N) is 1. The topological polar surface area (TPSA) is 155 Å². The summed E-state index contributed by atoms with van der Waals surface area (Å²) in [5.41, 5.74) is 6.58. The summed E-state index contributed by atoms with van der Waals surface area (Å²) < 4.78 is 1.04. The number of nitrogens with one attached hydrogen (secondary N) is 1. The summed E-state index contributed by atoms with van der Waals surface area (Å²) in [7, 11) is 0. The molecule has 30 heavy (non-hydrogen) atoms. The first-order chi connectivity index (χ1) is 14.4. The van der Waals surface area contributed by atoms with E-state index in [0.717, 1.165) is 4.46 Å². The predicted molar refractivity (Wildman–Crippen MR) is 110 cm³/mol. The Kier molecular flexibility index (Phi) is 5.47. The Morgan fingerprint density at radius 2 is 2.03 bits per heavy atom. The van der Waals surface area contributed by atoms with Crippen LogP contribution in [-0.4, -0.2) is 69.4 Å². The molecule has 2 aromatic heterocycles. The number of rotatable bonds is 5. The van der Waals surface area contributed by atoms with Gasteiger partial charge in [-0.15, -0.1) is 0 Å². The van der Waals surface area contributed by atoms with E-state index in [4.69, 9.17) is 5.73 Å². The minimum atomic E-state index is -0.964. The number of fused-ring (bicyclic) bond motifs is 1. The van der Waals surface area contributed by atoms with E-state index in [0.29, 0.717) is 36.0 Å². The van der Waals surface area contributed by atoms with Crippen molar-refractivity contribution in [3.63, 3.8) is 0 Å². The van der Waals surface area contributed by atoms with E-state index in [-0.39, 0.29) is 38.0 Å². The van der Waals surface area contributed by atoms with E-state index in [1.165, 1.54) is 4.90 Å². The number of aliphatic carboxylic acids is 1. The van der Waals surface area contributed by atoms with Crippen LogP contribution in [0.3, 0.4) is 0 Å². The molecule has 10 nitrogen and oxygen atoms in total. The number of carboxylic acid groups (broad SMARTS) is 1. The molecular formula is C19H18N6O4Se. The van der Waals surface area contributed by atoms with Crippen LogP contribution in [0.2, 0.25) is 0 Å². The molecule has 11 heteroatoms. The van der Waals surface area contributed by atoms with E-state index >= 15 is 0 Å². The molecule has 0 unspecified atom stereocenters. The number of aromatic amines is 1. The SMILES string of the molecule is Nc1nc2ncc(C[Se]c3ccc(C(=O)N4CCC[C@H]4C(=O)O)cc3)nc2c(=O)[nH]1. The Hall–Kier alpha value is -3.30. The number of benzene rings is 1. The number of carbonyl (C=O) groups excluding carboxylic acids is 1. The Morgan fingerprint density at radius 1 is 1.27 bits per heavy atom. The van der Waals surface area contributed by atoms with Crippen LogP contribution < -0.4 is 15.8 Å². The maximum absolute atomic E-state index is 12.6. The summed E-state index contributed by atoms with van der Waals surface area (Å²) in [6.07, 6.45) is 2.76. The van der Waals surface area contributed by atoms with Crippen molar-refractivity contribution in [1.29, 1.82) is 0 Å². The molecular weight excluding hydrogens is 455 g/mol. The second-order valence-corrected chi connectivity index (χ2v) is 8.99. The Labute approximate surface area is 176 Å². The zero-order chi connectivity index (χ0) is 21.3. The maximum atomic E-state index is 12.6. The number of H-pyrrole nitrogens is 1. The number of anilines is 1. The van der Waals surface area contributed by atoms with E-state index < -0.39 is 17.6 Å². The fraction of sp³-hybridized carbons (Fsp3) is 0.263. The molecule has 1 aromatic carbocycles. The first-order valence-electron chi connectivity index (χ1n) is 9.20. The van der Waals surface area contributed by atoms with Crippen molar-refractivity contribution in [2.45, 2.75) is 24.2 Å². The normalized spacial score (nSPS) is 16.1. The first kappa shape index (κ1) is 20.0. The number of likely N-dealkylation sites (tertiary alicyclic amines) is 1. The van der Waals surface area contributed by atoms with Crippen molar-refractivity contribution in [2.75, 3.05) is 12.3 Å². The van der Waals surface area contributed by atoms with Crippen molar-refractivity contribution >= 4 is 48.4 Å². The Balaban J connectivity index is 1.44. The third-order valence-electron chi connectivity index (χ3n) is 4.77. The van der Waals surface area contributed by atoms with Gasteiger partial charge in [0.15, 0.2) is 0 Å². The molecule has 1 saturated heterocycles.